The van der Waals surface area contributed by atoms with Crippen LogP contribution in [-0.2, 0) is 11.3 Å². The smallest absolute Gasteiger partial charge is 0.321 e. The van der Waals surface area contributed by atoms with Crippen LogP contribution in [0.5, 0.6) is 0 Å². The number of fused-ring (bicyclic) bond motifs is 3. The Balaban J connectivity index is 1.64. The number of halogens is 2. The zero-order chi connectivity index (χ0) is 21.9. The fourth-order valence-corrected chi connectivity index (χ4v) is 4.31. The lowest BCUT2D eigenvalue weighted by atomic mass is 10.1. The molecule has 0 N–H and O–H groups in total. The number of carbonyl (C=O) groups excluding carboxylic acids is 2. The van der Waals surface area contributed by atoms with E-state index < -0.39 is 18.2 Å². The summed E-state index contributed by atoms with van der Waals surface area (Å²) in [5, 5.41) is 9.29. The topological polar surface area (TPSA) is 74.6 Å². The summed E-state index contributed by atoms with van der Waals surface area (Å²) in [7, 11) is 3.12. The molecule has 1 saturated heterocycles. The van der Waals surface area contributed by atoms with Gasteiger partial charge in [-0.25, -0.2) is 9.18 Å². The Morgan fingerprint density at radius 3 is 2.35 bits per heavy atom. The van der Waals surface area contributed by atoms with Crippen LogP contribution in [0.3, 0.4) is 0 Å². The first-order chi connectivity index (χ1) is 14.9. The second-order valence-corrected chi connectivity index (χ2v) is 8.04. The number of nitrogens with zero attached hydrogens (tertiary/aromatic N) is 6. The maximum Gasteiger partial charge on any atom is 0.327 e. The van der Waals surface area contributed by atoms with Crippen molar-refractivity contribution in [2.24, 2.45) is 0 Å². The summed E-state index contributed by atoms with van der Waals surface area (Å²) in [6, 6.07) is 12.1. The van der Waals surface area contributed by atoms with Crippen molar-refractivity contribution in [1.29, 1.82) is 0 Å². The van der Waals surface area contributed by atoms with E-state index in [-0.39, 0.29) is 11.7 Å². The number of aromatic nitrogens is 3. The number of hydrogen-bond donors (Lipinski definition) is 0. The van der Waals surface area contributed by atoms with Crippen molar-refractivity contribution in [3.63, 3.8) is 0 Å². The normalized spacial score (nSPS) is 20.3. The number of hydrogen-bond acceptors (Lipinski definition) is 5. The average molecular weight is 441 g/mol. The lowest BCUT2D eigenvalue weighted by molar-refractivity contribution is -0.133. The largest absolute Gasteiger partial charge is 0.327 e. The molecule has 2 aliphatic rings. The van der Waals surface area contributed by atoms with Crippen LogP contribution < -0.4 is 4.90 Å². The molecule has 0 spiro atoms. The van der Waals surface area contributed by atoms with E-state index in [2.05, 4.69) is 10.2 Å². The number of imide groups is 1. The van der Waals surface area contributed by atoms with Crippen molar-refractivity contribution in [1.82, 2.24) is 24.6 Å². The number of carbonyl (C=O) groups is 2. The van der Waals surface area contributed by atoms with Gasteiger partial charge in [-0.2, -0.15) is 0 Å². The third-order valence-corrected chi connectivity index (χ3v) is 6.01. The lowest BCUT2D eigenvalue weighted by Crippen LogP contribution is -2.61. The van der Waals surface area contributed by atoms with Crippen LogP contribution in [0.25, 0.3) is 11.4 Å². The van der Waals surface area contributed by atoms with Crippen molar-refractivity contribution in [2.75, 3.05) is 19.0 Å². The van der Waals surface area contributed by atoms with E-state index in [4.69, 9.17) is 11.6 Å². The van der Waals surface area contributed by atoms with Gasteiger partial charge in [-0.1, -0.05) is 23.7 Å². The van der Waals surface area contributed by atoms with Gasteiger partial charge in [-0.15, -0.1) is 10.2 Å². The standard InChI is InChI=1S/C21H18ClFN6O2/c1-26-18-16(19(30)27(2)21(26)31)28(11-12-3-9-15(23)10-4-12)20-25-24-17(29(18)20)13-5-7-14(22)8-6-13/h3-10,16,18H,11H2,1-2H3. The molecule has 5 rings (SSSR count). The van der Waals surface area contributed by atoms with Crippen LogP contribution in [-0.4, -0.2) is 56.6 Å². The molecular weight excluding hydrogens is 423 g/mol. The Kier molecular flexibility index (Phi) is 4.44. The SMILES string of the molecule is CN1C(=O)C2C(N(C)C1=O)n1c(-c3ccc(Cl)cc3)nnc1N2Cc1ccc(F)cc1. The number of amides is 3. The summed E-state index contributed by atoms with van der Waals surface area (Å²) in [6.45, 7) is 0.307. The van der Waals surface area contributed by atoms with E-state index in [1.54, 1.807) is 35.9 Å². The first-order valence-corrected chi connectivity index (χ1v) is 10.0. The van der Waals surface area contributed by atoms with Crippen molar-refractivity contribution >= 4 is 29.5 Å². The minimum atomic E-state index is -0.686. The Morgan fingerprint density at radius 1 is 1.00 bits per heavy atom. The van der Waals surface area contributed by atoms with E-state index in [0.29, 0.717) is 23.3 Å². The summed E-state index contributed by atoms with van der Waals surface area (Å²) < 4.78 is 15.2. The fraction of sp³-hybridized carbons (Fsp3) is 0.238. The molecule has 2 unspecified atom stereocenters. The zero-order valence-corrected chi connectivity index (χ0v) is 17.5. The molecule has 3 amide bonds. The van der Waals surface area contributed by atoms with Gasteiger partial charge < -0.3 is 9.80 Å². The molecule has 2 aromatic carbocycles. The quantitative estimate of drug-likeness (QED) is 0.625. The van der Waals surface area contributed by atoms with E-state index in [1.807, 2.05) is 17.0 Å². The summed E-state index contributed by atoms with van der Waals surface area (Å²) >= 11 is 6.02. The van der Waals surface area contributed by atoms with Gasteiger partial charge in [0.15, 0.2) is 11.9 Å². The Hall–Kier alpha value is -3.46. The predicted octanol–water partition coefficient (Wildman–Crippen LogP) is 3.15. The molecule has 1 aromatic heterocycles. The Bertz CT molecular complexity index is 1180. The van der Waals surface area contributed by atoms with Crippen LogP contribution in [0.15, 0.2) is 48.5 Å². The highest BCUT2D eigenvalue weighted by Gasteiger charge is 2.54. The molecule has 31 heavy (non-hydrogen) atoms. The molecular formula is C21H18ClFN6O2. The number of urea groups is 1. The highest BCUT2D eigenvalue weighted by molar-refractivity contribution is 6.30. The molecule has 2 aliphatic heterocycles. The van der Waals surface area contributed by atoms with Gasteiger partial charge in [0.05, 0.1) is 0 Å². The molecule has 2 atom stereocenters. The minimum absolute atomic E-state index is 0.307. The second kappa shape index (κ2) is 7.05. The van der Waals surface area contributed by atoms with Crippen LogP contribution >= 0.6 is 11.6 Å². The highest BCUT2D eigenvalue weighted by Crippen LogP contribution is 2.42. The number of anilines is 1. The van der Waals surface area contributed by atoms with E-state index in [1.165, 1.54) is 24.1 Å². The molecule has 0 bridgehead atoms. The monoisotopic (exact) mass is 440 g/mol. The summed E-state index contributed by atoms with van der Waals surface area (Å²) in [6.07, 6.45) is -0.618. The van der Waals surface area contributed by atoms with Crippen LogP contribution in [0.1, 0.15) is 11.7 Å². The first-order valence-electron chi connectivity index (χ1n) is 9.63. The van der Waals surface area contributed by atoms with Crippen molar-refractivity contribution < 1.29 is 14.0 Å². The van der Waals surface area contributed by atoms with Crippen LogP contribution in [0.4, 0.5) is 15.1 Å². The van der Waals surface area contributed by atoms with Gasteiger partial charge in [-0.3, -0.25) is 14.3 Å². The van der Waals surface area contributed by atoms with E-state index in [0.717, 1.165) is 16.0 Å². The van der Waals surface area contributed by atoms with Crippen molar-refractivity contribution in [3.8, 4) is 11.4 Å². The number of rotatable bonds is 3. The highest BCUT2D eigenvalue weighted by atomic mass is 35.5. The maximum absolute atomic E-state index is 13.4. The van der Waals surface area contributed by atoms with E-state index >= 15 is 0 Å². The number of benzene rings is 2. The predicted molar refractivity (Wildman–Crippen MR) is 112 cm³/mol. The minimum Gasteiger partial charge on any atom is -0.321 e. The van der Waals surface area contributed by atoms with Gasteiger partial charge in [0.2, 0.25) is 5.95 Å². The van der Waals surface area contributed by atoms with Gasteiger partial charge in [0.1, 0.15) is 12.0 Å². The van der Waals surface area contributed by atoms with Crippen molar-refractivity contribution in [2.45, 2.75) is 18.8 Å². The molecule has 3 heterocycles. The average Bonchev–Trinajstić information content (AvgIpc) is 3.32. The van der Waals surface area contributed by atoms with Crippen LogP contribution in [0, 0.1) is 5.82 Å². The molecule has 1 fully saturated rings. The summed E-state index contributed by atoms with van der Waals surface area (Å²) in [5.41, 5.74) is 1.57. The second-order valence-electron chi connectivity index (χ2n) is 7.60. The maximum atomic E-state index is 13.4. The number of likely N-dealkylation sites (N-methyl/N-ethyl adjacent to an activating group) is 2. The Morgan fingerprint density at radius 2 is 1.68 bits per heavy atom. The lowest BCUT2D eigenvalue weighted by Gasteiger charge is -2.40. The molecule has 0 radical (unpaired) electrons. The van der Waals surface area contributed by atoms with Gasteiger partial charge in [0, 0.05) is 31.2 Å². The summed E-state index contributed by atoms with van der Waals surface area (Å²) in [4.78, 5) is 30.3. The molecule has 0 saturated carbocycles. The third-order valence-electron chi connectivity index (χ3n) is 5.76. The van der Waals surface area contributed by atoms with Gasteiger partial charge >= 0.3 is 6.03 Å². The van der Waals surface area contributed by atoms with Gasteiger partial charge in [-0.05, 0) is 42.0 Å². The van der Waals surface area contributed by atoms with Crippen LogP contribution in [0.2, 0.25) is 5.02 Å². The van der Waals surface area contributed by atoms with Crippen molar-refractivity contribution in [3.05, 3.63) is 64.9 Å². The third kappa shape index (κ3) is 2.96. The summed E-state index contributed by atoms with van der Waals surface area (Å²) in [5.74, 6) is 0.325. The molecule has 8 nitrogen and oxygen atoms in total. The first kappa shape index (κ1) is 19.5. The van der Waals surface area contributed by atoms with Gasteiger partial charge in [0.25, 0.3) is 5.91 Å². The molecule has 3 aromatic rings. The Labute approximate surface area is 182 Å². The molecule has 0 aliphatic carbocycles. The van der Waals surface area contributed by atoms with E-state index in [9.17, 15) is 14.0 Å². The fourth-order valence-electron chi connectivity index (χ4n) is 4.19. The zero-order valence-electron chi connectivity index (χ0n) is 16.7. The molecule has 10 heteroatoms. The molecule has 158 valence electrons.